The summed E-state index contributed by atoms with van der Waals surface area (Å²) < 4.78 is 0. The van der Waals surface area contributed by atoms with Gasteiger partial charge >= 0.3 is 0 Å². The molecule has 1 aliphatic rings. The van der Waals surface area contributed by atoms with Crippen LogP contribution in [0.25, 0.3) is 0 Å². The van der Waals surface area contributed by atoms with Gasteiger partial charge in [-0.15, -0.1) is 0 Å². The zero-order valence-corrected chi connectivity index (χ0v) is 14.3. The van der Waals surface area contributed by atoms with Crippen molar-refractivity contribution in [3.05, 3.63) is 71.3 Å². The van der Waals surface area contributed by atoms with Gasteiger partial charge in [0.2, 0.25) is 0 Å². The Morgan fingerprint density at radius 3 is 2.00 bits per heavy atom. The van der Waals surface area contributed by atoms with Gasteiger partial charge in [-0.1, -0.05) is 64.8 Å². The first-order valence-corrected chi connectivity index (χ1v) is 8.74. The monoisotopic (exact) mass is 371 g/mol. The molecule has 1 unspecified atom stereocenters. The van der Waals surface area contributed by atoms with Crippen molar-refractivity contribution in [1.82, 2.24) is 4.90 Å². The van der Waals surface area contributed by atoms with Gasteiger partial charge in [0.15, 0.2) is 0 Å². The van der Waals surface area contributed by atoms with Crippen LogP contribution in [-0.4, -0.2) is 23.3 Å². The highest BCUT2D eigenvalue weighted by molar-refractivity contribution is 9.09. The molecule has 2 aromatic rings. The van der Waals surface area contributed by atoms with Gasteiger partial charge in [-0.05, 0) is 30.5 Å². The van der Waals surface area contributed by atoms with E-state index in [9.17, 15) is 9.59 Å². The van der Waals surface area contributed by atoms with Crippen molar-refractivity contribution in [2.45, 2.75) is 24.1 Å². The number of amides is 2. The Morgan fingerprint density at radius 2 is 1.39 bits per heavy atom. The number of carbonyl (C=O) groups is 2. The molecule has 0 aromatic heterocycles. The van der Waals surface area contributed by atoms with E-state index in [2.05, 4.69) is 28.1 Å². The molecule has 1 atom stereocenters. The fourth-order valence-electron chi connectivity index (χ4n) is 2.86. The summed E-state index contributed by atoms with van der Waals surface area (Å²) in [5, 5.41) is 0. The predicted molar refractivity (Wildman–Crippen MR) is 93.8 cm³/mol. The molecule has 2 amide bonds. The van der Waals surface area contributed by atoms with Crippen LogP contribution in [0.15, 0.2) is 54.6 Å². The molecule has 0 saturated heterocycles. The van der Waals surface area contributed by atoms with Crippen LogP contribution in [-0.2, 0) is 0 Å². The Balaban J connectivity index is 1.50. The molecule has 1 heterocycles. The number of hydrogen-bond donors (Lipinski definition) is 0. The van der Waals surface area contributed by atoms with Gasteiger partial charge in [0.25, 0.3) is 11.8 Å². The van der Waals surface area contributed by atoms with E-state index < -0.39 is 0 Å². The molecule has 0 bridgehead atoms. The number of nitrogens with zero attached hydrogens (tertiary/aromatic N) is 1. The molecule has 23 heavy (non-hydrogen) atoms. The van der Waals surface area contributed by atoms with Crippen molar-refractivity contribution >= 4 is 27.7 Å². The minimum absolute atomic E-state index is 0.163. The molecule has 0 fully saturated rings. The van der Waals surface area contributed by atoms with E-state index in [1.807, 2.05) is 18.2 Å². The standard InChI is InChI=1S/C19H18BrNO2/c20-17(14-8-2-1-3-9-14)12-6-7-13-21-18(22)15-10-4-5-11-16(15)19(21)23/h1-5,8-11,17H,6-7,12-13H2. The zero-order valence-electron chi connectivity index (χ0n) is 12.7. The lowest BCUT2D eigenvalue weighted by Crippen LogP contribution is -2.30. The number of hydrogen-bond acceptors (Lipinski definition) is 2. The van der Waals surface area contributed by atoms with Crippen LogP contribution in [0.2, 0.25) is 0 Å². The minimum Gasteiger partial charge on any atom is -0.274 e. The molecule has 2 aromatic carbocycles. The number of unbranched alkanes of at least 4 members (excludes halogenated alkanes) is 1. The normalized spacial score (nSPS) is 14.9. The molecule has 118 valence electrons. The summed E-state index contributed by atoms with van der Waals surface area (Å²) in [6.07, 6.45) is 2.76. The van der Waals surface area contributed by atoms with Gasteiger partial charge < -0.3 is 0 Å². The molecule has 1 aliphatic heterocycles. The molecule has 0 saturated carbocycles. The summed E-state index contributed by atoms with van der Waals surface area (Å²) in [5.41, 5.74) is 2.31. The molecule has 0 radical (unpaired) electrons. The number of fused-ring (bicyclic) bond motifs is 1. The fourth-order valence-corrected chi connectivity index (χ4v) is 3.49. The first kappa shape index (κ1) is 15.9. The van der Waals surface area contributed by atoms with E-state index in [0.717, 1.165) is 19.3 Å². The molecule has 0 spiro atoms. The molecule has 3 rings (SSSR count). The van der Waals surface area contributed by atoms with E-state index in [-0.39, 0.29) is 11.8 Å². The first-order chi connectivity index (χ1) is 11.2. The molecule has 0 aliphatic carbocycles. The fraction of sp³-hybridized carbons (Fsp3) is 0.263. The van der Waals surface area contributed by atoms with Gasteiger partial charge in [0.05, 0.1) is 11.1 Å². The molecule has 3 nitrogen and oxygen atoms in total. The number of carbonyl (C=O) groups excluding carboxylic acids is 2. The van der Waals surface area contributed by atoms with E-state index in [0.29, 0.717) is 22.5 Å². The van der Waals surface area contributed by atoms with Crippen LogP contribution >= 0.6 is 15.9 Å². The minimum atomic E-state index is -0.163. The Hall–Kier alpha value is -1.94. The van der Waals surface area contributed by atoms with Gasteiger partial charge in [0, 0.05) is 11.4 Å². The van der Waals surface area contributed by atoms with Gasteiger partial charge in [0.1, 0.15) is 0 Å². The van der Waals surface area contributed by atoms with Gasteiger partial charge in [-0.25, -0.2) is 0 Å². The second-order valence-electron chi connectivity index (χ2n) is 5.68. The summed E-state index contributed by atoms with van der Waals surface area (Å²) in [7, 11) is 0. The van der Waals surface area contributed by atoms with Crippen LogP contribution in [0.5, 0.6) is 0 Å². The quantitative estimate of drug-likeness (QED) is 0.423. The van der Waals surface area contributed by atoms with Crippen LogP contribution < -0.4 is 0 Å². The van der Waals surface area contributed by atoms with E-state index >= 15 is 0 Å². The van der Waals surface area contributed by atoms with Crippen molar-refractivity contribution in [2.75, 3.05) is 6.54 Å². The predicted octanol–water partition coefficient (Wildman–Crippen LogP) is 4.59. The third kappa shape index (κ3) is 3.37. The van der Waals surface area contributed by atoms with E-state index in [1.165, 1.54) is 10.5 Å². The second-order valence-corrected chi connectivity index (χ2v) is 6.79. The third-order valence-electron chi connectivity index (χ3n) is 4.13. The maximum atomic E-state index is 12.3. The SMILES string of the molecule is O=C1c2ccccc2C(=O)N1CCCCC(Br)c1ccccc1. The summed E-state index contributed by atoms with van der Waals surface area (Å²) >= 11 is 3.70. The number of halogens is 1. The lowest BCUT2D eigenvalue weighted by molar-refractivity contribution is 0.0651. The summed E-state index contributed by atoms with van der Waals surface area (Å²) in [6.45, 7) is 0.487. The molecule has 4 heteroatoms. The molecule has 0 N–H and O–H groups in total. The number of alkyl halides is 1. The summed E-state index contributed by atoms with van der Waals surface area (Å²) in [6, 6.07) is 17.3. The average molecular weight is 372 g/mol. The lowest BCUT2D eigenvalue weighted by atomic mass is 10.1. The Bertz CT molecular complexity index is 679. The van der Waals surface area contributed by atoms with Crippen LogP contribution in [0.3, 0.4) is 0 Å². The lowest BCUT2D eigenvalue weighted by Gasteiger charge is -2.14. The van der Waals surface area contributed by atoms with Crippen LogP contribution in [0, 0.1) is 0 Å². The smallest absolute Gasteiger partial charge is 0.261 e. The molecular formula is C19H18BrNO2. The Labute approximate surface area is 144 Å². The summed E-state index contributed by atoms with van der Waals surface area (Å²) in [5.74, 6) is -0.326. The van der Waals surface area contributed by atoms with Crippen LogP contribution in [0.4, 0.5) is 0 Å². The van der Waals surface area contributed by atoms with Crippen molar-refractivity contribution in [3.63, 3.8) is 0 Å². The van der Waals surface area contributed by atoms with Crippen molar-refractivity contribution < 1.29 is 9.59 Å². The van der Waals surface area contributed by atoms with Gasteiger partial charge in [-0.3, -0.25) is 14.5 Å². The van der Waals surface area contributed by atoms with Crippen molar-refractivity contribution in [3.8, 4) is 0 Å². The van der Waals surface area contributed by atoms with E-state index in [1.54, 1.807) is 24.3 Å². The largest absolute Gasteiger partial charge is 0.274 e. The third-order valence-corrected chi connectivity index (χ3v) is 5.12. The topological polar surface area (TPSA) is 37.4 Å². The highest BCUT2D eigenvalue weighted by Gasteiger charge is 2.34. The molecular weight excluding hydrogens is 354 g/mol. The van der Waals surface area contributed by atoms with Gasteiger partial charge in [-0.2, -0.15) is 0 Å². The number of imide groups is 1. The highest BCUT2D eigenvalue weighted by Crippen LogP contribution is 2.28. The summed E-state index contributed by atoms with van der Waals surface area (Å²) in [4.78, 5) is 26.2. The number of benzene rings is 2. The highest BCUT2D eigenvalue weighted by atomic mass is 79.9. The number of rotatable bonds is 6. The van der Waals surface area contributed by atoms with Crippen molar-refractivity contribution in [2.24, 2.45) is 0 Å². The first-order valence-electron chi connectivity index (χ1n) is 7.82. The van der Waals surface area contributed by atoms with Crippen LogP contribution in [0.1, 0.15) is 50.4 Å². The second kappa shape index (κ2) is 7.09. The maximum Gasteiger partial charge on any atom is 0.261 e. The zero-order chi connectivity index (χ0) is 16.2. The average Bonchev–Trinajstić information content (AvgIpc) is 2.84. The Kier molecular flexibility index (Phi) is 4.91. The van der Waals surface area contributed by atoms with E-state index in [4.69, 9.17) is 0 Å². The maximum absolute atomic E-state index is 12.3. The Morgan fingerprint density at radius 1 is 0.826 bits per heavy atom. The van der Waals surface area contributed by atoms with Crippen molar-refractivity contribution in [1.29, 1.82) is 0 Å².